The van der Waals surface area contributed by atoms with E-state index in [4.69, 9.17) is 14.9 Å². The number of aliphatic hydroxyl groups excluding tert-OH is 2. The number of hydrogen-bond acceptors (Lipinski definition) is 3. The SMILES string of the molecule is CCC(C)O.CCOCC(C)O. The number of rotatable bonds is 4. The Balaban J connectivity index is 0. The third-order valence-electron chi connectivity index (χ3n) is 1.15. The molecule has 0 aromatic rings. The van der Waals surface area contributed by atoms with Gasteiger partial charge in [0.15, 0.2) is 0 Å². The minimum atomic E-state index is -0.319. The van der Waals surface area contributed by atoms with Crippen LogP contribution in [0.4, 0.5) is 0 Å². The third-order valence-corrected chi connectivity index (χ3v) is 1.15. The van der Waals surface area contributed by atoms with Gasteiger partial charge in [0.25, 0.3) is 0 Å². The van der Waals surface area contributed by atoms with Gasteiger partial charge in [-0.15, -0.1) is 0 Å². The van der Waals surface area contributed by atoms with Crippen molar-refractivity contribution in [3.63, 3.8) is 0 Å². The molecule has 0 radical (unpaired) electrons. The maximum atomic E-state index is 8.56. The molecule has 0 spiro atoms. The zero-order valence-electron chi connectivity index (χ0n) is 8.58. The lowest BCUT2D eigenvalue weighted by molar-refractivity contribution is 0.0527. The van der Waals surface area contributed by atoms with Gasteiger partial charge in [-0.2, -0.15) is 0 Å². The van der Waals surface area contributed by atoms with Gasteiger partial charge in [-0.25, -0.2) is 0 Å². The van der Waals surface area contributed by atoms with Gasteiger partial charge in [-0.05, 0) is 27.2 Å². The molecule has 76 valence electrons. The second-order valence-electron chi connectivity index (χ2n) is 2.77. The van der Waals surface area contributed by atoms with Crippen LogP contribution in [-0.4, -0.2) is 35.6 Å². The smallest absolute Gasteiger partial charge is 0.0745 e. The maximum absolute atomic E-state index is 8.56. The molecule has 0 aliphatic carbocycles. The fourth-order valence-electron chi connectivity index (χ4n) is 0.288. The van der Waals surface area contributed by atoms with Crippen LogP contribution in [0.5, 0.6) is 0 Å². The van der Waals surface area contributed by atoms with Crippen LogP contribution in [0.15, 0.2) is 0 Å². The normalized spacial score (nSPS) is 14.5. The van der Waals surface area contributed by atoms with Crippen LogP contribution in [0.2, 0.25) is 0 Å². The highest BCUT2D eigenvalue weighted by molar-refractivity contribution is 4.38. The summed E-state index contributed by atoms with van der Waals surface area (Å²) < 4.78 is 4.84. The lowest BCUT2D eigenvalue weighted by Crippen LogP contribution is -2.09. The molecule has 0 fully saturated rings. The summed E-state index contributed by atoms with van der Waals surface area (Å²) >= 11 is 0. The largest absolute Gasteiger partial charge is 0.393 e. The summed E-state index contributed by atoms with van der Waals surface area (Å²) in [4.78, 5) is 0. The molecule has 0 saturated heterocycles. The van der Waals surface area contributed by atoms with Crippen molar-refractivity contribution in [3.8, 4) is 0 Å². The quantitative estimate of drug-likeness (QED) is 0.679. The van der Waals surface area contributed by atoms with Gasteiger partial charge in [-0.3, -0.25) is 0 Å². The van der Waals surface area contributed by atoms with E-state index >= 15 is 0 Å². The predicted molar refractivity (Wildman–Crippen MR) is 50.1 cm³/mol. The molecule has 0 aromatic carbocycles. The van der Waals surface area contributed by atoms with Crippen LogP contribution >= 0.6 is 0 Å². The van der Waals surface area contributed by atoms with Gasteiger partial charge >= 0.3 is 0 Å². The molecule has 12 heavy (non-hydrogen) atoms. The number of aliphatic hydroxyl groups is 2. The summed E-state index contributed by atoms with van der Waals surface area (Å²) in [6, 6.07) is 0. The molecule has 2 unspecified atom stereocenters. The Hall–Kier alpha value is -0.120. The minimum absolute atomic E-state index is 0.116. The molecule has 2 atom stereocenters. The molecule has 0 heterocycles. The van der Waals surface area contributed by atoms with Crippen LogP contribution in [0, 0.1) is 0 Å². The second-order valence-corrected chi connectivity index (χ2v) is 2.77. The highest BCUT2D eigenvalue weighted by Gasteiger charge is 1.90. The Bertz CT molecular complexity index is 72.2. The first kappa shape index (κ1) is 14.4. The molecule has 0 saturated carbocycles. The zero-order valence-corrected chi connectivity index (χ0v) is 8.58. The van der Waals surface area contributed by atoms with Gasteiger partial charge in [0.2, 0.25) is 0 Å². The first-order chi connectivity index (χ1) is 5.54. The Labute approximate surface area is 75.4 Å². The fraction of sp³-hybridized carbons (Fsp3) is 1.00. The monoisotopic (exact) mass is 178 g/mol. The topological polar surface area (TPSA) is 49.7 Å². The van der Waals surface area contributed by atoms with E-state index in [2.05, 4.69) is 0 Å². The third kappa shape index (κ3) is 22.5. The van der Waals surface area contributed by atoms with Crippen molar-refractivity contribution in [1.29, 1.82) is 0 Å². The predicted octanol–water partition coefficient (Wildman–Crippen LogP) is 1.18. The molecule has 0 aliphatic rings. The molecule has 0 aliphatic heterocycles. The van der Waals surface area contributed by atoms with Crippen molar-refractivity contribution in [2.45, 2.75) is 46.3 Å². The Morgan fingerprint density at radius 1 is 1.08 bits per heavy atom. The summed E-state index contributed by atoms with van der Waals surface area (Å²) in [5.41, 5.74) is 0. The summed E-state index contributed by atoms with van der Waals surface area (Å²) in [6.07, 6.45) is 0.426. The lowest BCUT2D eigenvalue weighted by atomic mass is 10.3. The highest BCUT2D eigenvalue weighted by atomic mass is 16.5. The van der Waals surface area contributed by atoms with Crippen molar-refractivity contribution in [2.24, 2.45) is 0 Å². The van der Waals surface area contributed by atoms with Crippen molar-refractivity contribution >= 4 is 0 Å². The van der Waals surface area contributed by atoms with Crippen LogP contribution in [0.1, 0.15) is 34.1 Å². The van der Waals surface area contributed by atoms with Gasteiger partial charge in [0.05, 0.1) is 18.8 Å². The molecule has 0 amide bonds. The van der Waals surface area contributed by atoms with E-state index in [1.807, 2.05) is 13.8 Å². The molecule has 0 rings (SSSR count). The van der Waals surface area contributed by atoms with E-state index < -0.39 is 0 Å². The molecule has 3 heteroatoms. The first-order valence-electron chi connectivity index (χ1n) is 4.48. The Kier molecular flexibility index (Phi) is 13.1. The summed E-state index contributed by atoms with van der Waals surface area (Å²) in [6.45, 7) is 8.48. The summed E-state index contributed by atoms with van der Waals surface area (Å²) in [5.74, 6) is 0. The van der Waals surface area contributed by atoms with Gasteiger partial charge in [0.1, 0.15) is 0 Å². The average molecular weight is 178 g/mol. The lowest BCUT2D eigenvalue weighted by Gasteiger charge is -2.00. The maximum Gasteiger partial charge on any atom is 0.0745 e. The number of ether oxygens (including phenoxy) is 1. The van der Waals surface area contributed by atoms with E-state index in [1.165, 1.54) is 0 Å². The molecular formula is C9H22O3. The first-order valence-corrected chi connectivity index (χ1v) is 4.48. The average Bonchev–Trinajstić information content (AvgIpc) is 2.02. The van der Waals surface area contributed by atoms with E-state index in [0.717, 1.165) is 6.42 Å². The van der Waals surface area contributed by atoms with E-state index in [9.17, 15) is 0 Å². The van der Waals surface area contributed by atoms with Crippen molar-refractivity contribution in [2.75, 3.05) is 13.2 Å². The fourth-order valence-corrected chi connectivity index (χ4v) is 0.288. The van der Waals surface area contributed by atoms with Gasteiger partial charge in [-0.1, -0.05) is 6.92 Å². The minimum Gasteiger partial charge on any atom is -0.393 e. The molecule has 2 N–H and O–H groups in total. The number of hydrogen-bond donors (Lipinski definition) is 2. The van der Waals surface area contributed by atoms with Crippen molar-refractivity contribution in [3.05, 3.63) is 0 Å². The Morgan fingerprint density at radius 2 is 1.50 bits per heavy atom. The second kappa shape index (κ2) is 10.9. The molecule has 0 aromatic heterocycles. The van der Waals surface area contributed by atoms with Crippen LogP contribution in [-0.2, 0) is 4.74 Å². The highest BCUT2D eigenvalue weighted by Crippen LogP contribution is 1.81. The van der Waals surface area contributed by atoms with E-state index in [-0.39, 0.29) is 12.2 Å². The van der Waals surface area contributed by atoms with Gasteiger partial charge < -0.3 is 14.9 Å². The Morgan fingerprint density at radius 3 is 1.58 bits per heavy atom. The summed E-state index contributed by atoms with van der Waals surface area (Å²) in [5, 5.41) is 16.9. The molecule has 0 bridgehead atoms. The summed E-state index contributed by atoms with van der Waals surface area (Å²) in [7, 11) is 0. The zero-order chi connectivity index (χ0) is 9.98. The molecular weight excluding hydrogens is 156 g/mol. The van der Waals surface area contributed by atoms with Crippen LogP contribution in [0.3, 0.4) is 0 Å². The van der Waals surface area contributed by atoms with E-state index in [1.54, 1.807) is 13.8 Å². The molecule has 3 nitrogen and oxygen atoms in total. The van der Waals surface area contributed by atoms with Crippen LogP contribution in [0.25, 0.3) is 0 Å². The van der Waals surface area contributed by atoms with Crippen molar-refractivity contribution in [1.82, 2.24) is 0 Å². The van der Waals surface area contributed by atoms with Crippen LogP contribution < -0.4 is 0 Å². The van der Waals surface area contributed by atoms with Crippen molar-refractivity contribution < 1.29 is 14.9 Å². The standard InChI is InChI=1S/C5H12O2.C4H10O/c1-3-7-4-5(2)6;1-3-4(2)5/h5-6H,3-4H2,1-2H3;4-5H,3H2,1-2H3. The van der Waals surface area contributed by atoms with E-state index in [0.29, 0.717) is 13.2 Å². The van der Waals surface area contributed by atoms with Gasteiger partial charge in [0, 0.05) is 6.61 Å².